The molecule has 33 heavy (non-hydrogen) atoms. The molecule has 3 aromatic rings. The van der Waals surface area contributed by atoms with Gasteiger partial charge in [-0.05, 0) is 49.4 Å². The molecule has 9 nitrogen and oxygen atoms in total. The minimum absolute atomic E-state index is 0.0128. The lowest BCUT2D eigenvalue weighted by Crippen LogP contribution is -2.37. The van der Waals surface area contributed by atoms with E-state index >= 15 is 0 Å². The molecule has 0 radical (unpaired) electrons. The number of methoxy groups -OCH3 is 1. The maximum absolute atomic E-state index is 11.1. The van der Waals surface area contributed by atoms with Crippen LogP contribution in [-0.2, 0) is 6.54 Å². The number of hydrogen-bond donors (Lipinski definition) is 2. The van der Waals surface area contributed by atoms with E-state index in [-0.39, 0.29) is 5.69 Å². The predicted octanol–water partition coefficient (Wildman–Crippen LogP) is 4.13. The first kappa shape index (κ1) is 22.7. The van der Waals surface area contributed by atoms with Gasteiger partial charge in [0.15, 0.2) is 5.75 Å². The van der Waals surface area contributed by atoms with Gasteiger partial charge in [-0.1, -0.05) is 18.2 Å². The van der Waals surface area contributed by atoms with Crippen LogP contribution in [0.15, 0.2) is 42.5 Å². The molecule has 1 heterocycles. The quantitative estimate of drug-likeness (QED) is 0.390. The van der Waals surface area contributed by atoms with Crippen molar-refractivity contribution in [1.82, 2.24) is 15.3 Å². The maximum Gasteiger partial charge on any atom is 0.310 e. The van der Waals surface area contributed by atoms with Crippen molar-refractivity contribution < 1.29 is 9.66 Å². The molecule has 0 spiro atoms. The van der Waals surface area contributed by atoms with Crippen LogP contribution in [0.1, 0.15) is 31.2 Å². The summed E-state index contributed by atoms with van der Waals surface area (Å²) in [5.41, 5.74) is 1.90. The third kappa shape index (κ3) is 5.31. The highest BCUT2D eigenvalue weighted by Crippen LogP contribution is 2.29. The Morgan fingerprint density at radius 2 is 1.82 bits per heavy atom. The average molecular weight is 451 g/mol. The number of fused-ring (bicyclic) bond motifs is 1. The van der Waals surface area contributed by atoms with Crippen LogP contribution in [-0.4, -0.2) is 48.2 Å². The molecule has 1 aliphatic carbocycles. The number of nitro benzene ring substituents is 1. The monoisotopic (exact) mass is 450 g/mol. The third-order valence-corrected chi connectivity index (χ3v) is 6.10. The van der Waals surface area contributed by atoms with E-state index in [1.807, 2.05) is 43.3 Å². The molecule has 1 fully saturated rings. The van der Waals surface area contributed by atoms with E-state index < -0.39 is 4.92 Å². The Hall–Kier alpha value is -3.46. The topological polar surface area (TPSA) is 105 Å². The van der Waals surface area contributed by atoms with Gasteiger partial charge in [-0.15, -0.1) is 0 Å². The van der Waals surface area contributed by atoms with Crippen molar-refractivity contribution in [2.75, 3.05) is 31.4 Å². The van der Waals surface area contributed by atoms with E-state index in [1.54, 1.807) is 12.1 Å². The van der Waals surface area contributed by atoms with Gasteiger partial charge < -0.3 is 20.3 Å². The molecule has 2 aromatic carbocycles. The molecule has 0 unspecified atom stereocenters. The van der Waals surface area contributed by atoms with E-state index in [0.29, 0.717) is 30.3 Å². The summed E-state index contributed by atoms with van der Waals surface area (Å²) in [4.78, 5) is 22.1. The third-order valence-electron chi connectivity index (χ3n) is 6.10. The summed E-state index contributed by atoms with van der Waals surface area (Å²) >= 11 is 0. The Labute approximate surface area is 193 Å². The van der Waals surface area contributed by atoms with Crippen LogP contribution in [0.4, 0.5) is 17.5 Å². The van der Waals surface area contributed by atoms with Crippen LogP contribution in [0.5, 0.6) is 5.75 Å². The average Bonchev–Trinajstić information content (AvgIpc) is 2.82. The van der Waals surface area contributed by atoms with Gasteiger partial charge >= 0.3 is 5.69 Å². The highest BCUT2D eigenvalue weighted by atomic mass is 16.6. The second-order valence-electron chi connectivity index (χ2n) is 8.62. The van der Waals surface area contributed by atoms with Crippen LogP contribution in [0.3, 0.4) is 0 Å². The molecule has 174 valence electrons. The molecule has 0 saturated heterocycles. The largest absolute Gasteiger partial charge is 0.490 e. The summed E-state index contributed by atoms with van der Waals surface area (Å²) in [7, 11) is 5.44. The Morgan fingerprint density at radius 3 is 2.52 bits per heavy atom. The first-order valence-corrected chi connectivity index (χ1v) is 11.2. The summed E-state index contributed by atoms with van der Waals surface area (Å²) < 4.78 is 5.17. The Bertz CT molecular complexity index is 1130. The van der Waals surface area contributed by atoms with Crippen LogP contribution in [0, 0.1) is 10.1 Å². The Balaban J connectivity index is 1.33. The second-order valence-corrected chi connectivity index (χ2v) is 8.62. The molecule has 0 bridgehead atoms. The number of rotatable bonds is 8. The number of ether oxygens (including phenoxy) is 1. The first-order chi connectivity index (χ1) is 15.9. The van der Waals surface area contributed by atoms with E-state index in [9.17, 15) is 10.1 Å². The second kappa shape index (κ2) is 9.99. The van der Waals surface area contributed by atoms with Crippen molar-refractivity contribution in [3.63, 3.8) is 0 Å². The zero-order valence-corrected chi connectivity index (χ0v) is 19.2. The fourth-order valence-corrected chi connectivity index (χ4v) is 4.33. The Kier molecular flexibility index (Phi) is 6.88. The maximum atomic E-state index is 11.1. The number of para-hydroxylation sites is 1. The molecule has 0 aliphatic heterocycles. The van der Waals surface area contributed by atoms with E-state index in [1.165, 1.54) is 13.2 Å². The van der Waals surface area contributed by atoms with Crippen LogP contribution >= 0.6 is 0 Å². The van der Waals surface area contributed by atoms with E-state index in [0.717, 1.165) is 48.0 Å². The number of nitrogens with zero attached hydrogens (tertiary/aromatic N) is 4. The SMILES string of the molecule is COc1cc(CNC2CCC(Nc3nc(N(C)C)c4ccccc4n3)CC2)ccc1[N+](=O)[O-]. The van der Waals surface area contributed by atoms with Crippen molar-refractivity contribution in [2.45, 2.75) is 44.3 Å². The lowest BCUT2D eigenvalue weighted by Gasteiger charge is -2.30. The highest BCUT2D eigenvalue weighted by molar-refractivity contribution is 5.90. The van der Waals surface area contributed by atoms with E-state index in [2.05, 4.69) is 10.6 Å². The number of nitro groups is 1. The minimum atomic E-state index is -0.426. The van der Waals surface area contributed by atoms with Crippen molar-refractivity contribution in [3.05, 3.63) is 58.1 Å². The molecule has 1 saturated carbocycles. The molecule has 9 heteroatoms. The molecule has 2 N–H and O–H groups in total. The van der Waals surface area contributed by atoms with Crippen molar-refractivity contribution in [2.24, 2.45) is 0 Å². The summed E-state index contributed by atoms with van der Waals surface area (Å²) in [5, 5.41) is 19.2. The fraction of sp³-hybridized carbons (Fsp3) is 0.417. The van der Waals surface area contributed by atoms with E-state index in [4.69, 9.17) is 14.7 Å². The number of benzene rings is 2. The van der Waals surface area contributed by atoms with Gasteiger partial charge in [0.2, 0.25) is 5.95 Å². The van der Waals surface area contributed by atoms with Gasteiger partial charge in [0.25, 0.3) is 0 Å². The van der Waals surface area contributed by atoms with Crippen molar-refractivity contribution in [1.29, 1.82) is 0 Å². The lowest BCUT2D eigenvalue weighted by atomic mass is 9.91. The molecule has 0 amide bonds. The fourth-order valence-electron chi connectivity index (χ4n) is 4.33. The summed E-state index contributed by atoms with van der Waals surface area (Å²) in [5.74, 6) is 1.88. The van der Waals surface area contributed by atoms with Crippen LogP contribution in [0.2, 0.25) is 0 Å². The number of anilines is 2. The normalized spacial score (nSPS) is 18.2. The summed E-state index contributed by atoms with van der Waals surface area (Å²) in [6, 6.07) is 13.8. The van der Waals surface area contributed by atoms with Crippen molar-refractivity contribution >= 4 is 28.4 Å². The predicted molar refractivity (Wildman–Crippen MR) is 130 cm³/mol. The first-order valence-electron chi connectivity index (χ1n) is 11.2. The smallest absolute Gasteiger partial charge is 0.310 e. The minimum Gasteiger partial charge on any atom is -0.490 e. The number of hydrogen-bond acceptors (Lipinski definition) is 8. The lowest BCUT2D eigenvalue weighted by molar-refractivity contribution is -0.385. The number of aromatic nitrogens is 2. The zero-order chi connectivity index (χ0) is 23.4. The molecule has 1 aromatic heterocycles. The number of nitrogens with one attached hydrogen (secondary N) is 2. The van der Waals surface area contributed by atoms with Gasteiger partial charge in [-0.3, -0.25) is 10.1 Å². The summed E-state index contributed by atoms with van der Waals surface area (Å²) in [6.45, 7) is 0.650. The Morgan fingerprint density at radius 1 is 1.09 bits per heavy atom. The van der Waals surface area contributed by atoms with Gasteiger partial charge in [-0.2, -0.15) is 4.98 Å². The van der Waals surface area contributed by atoms with Crippen LogP contribution in [0.25, 0.3) is 10.9 Å². The molecular formula is C24H30N6O3. The summed E-state index contributed by atoms with van der Waals surface area (Å²) in [6.07, 6.45) is 4.12. The van der Waals surface area contributed by atoms with Gasteiger partial charge in [0.1, 0.15) is 5.82 Å². The zero-order valence-electron chi connectivity index (χ0n) is 19.2. The molecule has 1 aliphatic rings. The molecular weight excluding hydrogens is 420 g/mol. The van der Waals surface area contributed by atoms with Gasteiger partial charge in [0, 0.05) is 44.2 Å². The van der Waals surface area contributed by atoms with Crippen molar-refractivity contribution in [3.8, 4) is 5.75 Å². The standard InChI is InChI=1S/C24H30N6O3/c1-29(2)23-19-6-4-5-7-20(19)27-24(28-23)26-18-11-9-17(10-12-18)25-15-16-8-13-21(30(31)32)22(14-16)33-3/h4-8,13-14,17-18,25H,9-12,15H2,1-3H3,(H,26,27,28). The molecule has 0 atom stereocenters. The highest BCUT2D eigenvalue weighted by Gasteiger charge is 2.22. The van der Waals surface area contributed by atoms with Gasteiger partial charge in [-0.25, -0.2) is 4.98 Å². The van der Waals surface area contributed by atoms with Crippen LogP contribution < -0.4 is 20.3 Å². The molecule has 4 rings (SSSR count). The van der Waals surface area contributed by atoms with Gasteiger partial charge in [0.05, 0.1) is 17.5 Å².